The van der Waals surface area contributed by atoms with E-state index in [9.17, 15) is 0 Å². The molecule has 0 aromatic rings. The molecule has 0 spiro atoms. The maximum atomic E-state index is 3.82. The van der Waals surface area contributed by atoms with Crippen molar-refractivity contribution in [3.63, 3.8) is 0 Å². The summed E-state index contributed by atoms with van der Waals surface area (Å²) in [6.45, 7) is 0. The second kappa shape index (κ2) is 11.1. The molecule has 0 atom stereocenters. The second-order valence-corrected chi connectivity index (χ2v) is 7.02. The Morgan fingerprint density at radius 1 is 0.571 bits per heavy atom. The quantitative estimate of drug-likeness (QED) is 0.474. The fraction of sp³-hybridized carbons (Fsp3) is 0.810. The van der Waals surface area contributed by atoms with Crippen LogP contribution in [0.3, 0.4) is 0 Å². The van der Waals surface area contributed by atoms with Gasteiger partial charge in [-0.3, -0.25) is 0 Å². The molecular weight excluding hydrogens is 252 g/mol. The highest BCUT2D eigenvalue weighted by atomic mass is 14.1. The summed E-state index contributed by atoms with van der Waals surface area (Å²) in [5.74, 6) is 0. The number of rotatable bonds is 1. The lowest BCUT2D eigenvalue weighted by molar-refractivity contribution is 0.580. The monoisotopic (exact) mass is 287 g/mol. The average molecular weight is 288 g/mol. The molecule has 0 heteroatoms. The lowest BCUT2D eigenvalue weighted by Crippen LogP contribution is -1.95. The summed E-state index contributed by atoms with van der Waals surface area (Å²) in [6.07, 6.45) is 30.0. The average Bonchev–Trinajstić information content (AvgIpc) is 2.58. The molecule has 1 radical (unpaired) electrons. The molecule has 0 heterocycles. The summed E-state index contributed by atoms with van der Waals surface area (Å²) < 4.78 is 0. The smallest absolute Gasteiger partial charge is 0.0273 e. The Labute approximate surface area is 133 Å². The van der Waals surface area contributed by atoms with Gasteiger partial charge in [-0.05, 0) is 68.6 Å². The van der Waals surface area contributed by atoms with Crippen molar-refractivity contribution in [3.05, 3.63) is 23.3 Å². The van der Waals surface area contributed by atoms with Crippen LogP contribution in [0.25, 0.3) is 0 Å². The van der Waals surface area contributed by atoms with E-state index in [0.717, 1.165) is 0 Å². The Hall–Kier alpha value is -0.520. The van der Waals surface area contributed by atoms with Crippen molar-refractivity contribution in [2.45, 2.75) is 109 Å². The van der Waals surface area contributed by atoms with E-state index in [2.05, 4.69) is 12.2 Å². The molecule has 0 fully saturated rings. The predicted octanol–water partition coefficient (Wildman–Crippen LogP) is 7.30. The number of hydrogen-bond acceptors (Lipinski definition) is 0. The first kappa shape index (κ1) is 16.8. The van der Waals surface area contributed by atoms with Crippen molar-refractivity contribution in [3.8, 4) is 0 Å². The van der Waals surface area contributed by atoms with Crippen molar-refractivity contribution in [1.82, 2.24) is 0 Å². The molecule has 0 saturated heterocycles. The van der Waals surface area contributed by atoms with Gasteiger partial charge in [0.2, 0.25) is 0 Å². The zero-order valence-electron chi connectivity index (χ0n) is 14.1. The SMILES string of the molecule is [C]1=C(/C2=C\CCCCCCCC2)CCCCCCCCC/1. The minimum Gasteiger partial charge on any atom is -0.0810 e. The van der Waals surface area contributed by atoms with E-state index in [1.807, 2.05) is 0 Å². The molecule has 21 heavy (non-hydrogen) atoms. The van der Waals surface area contributed by atoms with Crippen LogP contribution in [0, 0.1) is 6.08 Å². The van der Waals surface area contributed by atoms with Crippen LogP contribution in [0.2, 0.25) is 0 Å². The van der Waals surface area contributed by atoms with Crippen molar-refractivity contribution >= 4 is 0 Å². The summed E-state index contributed by atoms with van der Waals surface area (Å²) in [7, 11) is 0. The van der Waals surface area contributed by atoms with Gasteiger partial charge in [0.1, 0.15) is 0 Å². The van der Waals surface area contributed by atoms with E-state index in [1.54, 1.807) is 11.1 Å². The molecule has 0 aromatic carbocycles. The van der Waals surface area contributed by atoms with Gasteiger partial charge in [-0.15, -0.1) is 0 Å². The van der Waals surface area contributed by atoms with E-state index in [-0.39, 0.29) is 0 Å². The third-order valence-corrected chi connectivity index (χ3v) is 5.12. The molecule has 0 aliphatic heterocycles. The molecule has 2 aliphatic rings. The summed E-state index contributed by atoms with van der Waals surface area (Å²) in [6, 6.07) is 0. The van der Waals surface area contributed by atoms with E-state index in [1.165, 1.54) is 109 Å². The third kappa shape index (κ3) is 7.34. The topological polar surface area (TPSA) is 0 Å². The van der Waals surface area contributed by atoms with Gasteiger partial charge < -0.3 is 0 Å². The zero-order chi connectivity index (χ0) is 14.6. The Morgan fingerprint density at radius 2 is 1.14 bits per heavy atom. The van der Waals surface area contributed by atoms with Crippen molar-refractivity contribution in [2.24, 2.45) is 0 Å². The van der Waals surface area contributed by atoms with Crippen molar-refractivity contribution < 1.29 is 0 Å². The van der Waals surface area contributed by atoms with Crippen LogP contribution in [-0.2, 0) is 0 Å². The lowest BCUT2D eigenvalue weighted by atomic mass is 9.91. The molecule has 2 rings (SSSR count). The molecule has 119 valence electrons. The number of allylic oxidation sites excluding steroid dienone is 4. The lowest BCUT2D eigenvalue weighted by Gasteiger charge is -2.14. The minimum atomic E-state index is 1.20. The van der Waals surface area contributed by atoms with Crippen LogP contribution < -0.4 is 0 Å². The third-order valence-electron chi connectivity index (χ3n) is 5.12. The fourth-order valence-electron chi connectivity index (χ4n) is 3.73. The molecule has 0 nitrogen and oxygen atoms in total. The van der Waals surface area contributed by atoms with E-state index in [4.69, 9.17) is 0 Å². The molecule has 0 amide bonds. The summed E-state index contributed by atoms with van der Waals surface area (Å²) in [4.78, 5) is 0. The highest BCUT2D eigenvalue weighted by molar-refractivity contribution is 5.29. The predicted molar refractivity (Wildman–Crippen MR) is 93.3 cm³/mol. The minimum absolute atomic E-state index is 1.20. The van der Waals surface area contributed by atoms with E-state index in [0.29, 0.717) is 0 Å². The van der Waals surface area contributed by atoms with Crippen LogP contribution in [0.4, 0.5) is 0 Å². The van der Waals surface area contributed by atoms with Gasteiger partial charge >= 0.3 is 0 Å². The van der Waals surface area contributed by atoms with Crippen LogP contribution >= 0.6 is 0 Å². The first-order chi connectivity index (χ1) is 10.5. The van der Waals surface area contributed by atoms with Crippen LogP contribution in [-0.4, -0.2) is 0 Å². The Bertz CT molecular complexity index is 321. The highest BCUT2D eigenvalue weighted by Gasteiger charge is 2.08. The van der Waals surface area contributed by atoms with Crippen LogP contribution in [0.5, 0.6) is 0 Å². The van der Waals surface area contributed by atoms with Gasteiger partial charge in [0.05, 0.1) is 0 Å². The first-order valence-corrected chi connectivity index (χ1v) is 9.76. The van der Waals surface area contributed by atoms with Crippen LogP contribution in [0.1, 0.15) is 109 Å². The number of hydrogen-bond donors (Lipinski definition) is 0. The summed E-state index contributed by atoms with van der Waals surface area (Å²) in [5.41, 5.74) is 3.29. The second-order valence-electron chi connectivity index (χ2n) is 7.02. The van der Waals surface area contributed by atoms with Gasteiger partial charge in [0.25, 0.3) is 0 Å². The molecule has 2 aliphatic carbocycles. The summed E-state index contributed by atoms with van der Waals surface area (Å²) >= 11 is 0. The molecular formula is C21H35. The Morgan fingerprint density at radius 3 is 1.90 bits per heavy atom. The van der Waals surface area contributed by atoms with Gasteiger partial charge in [-0.2, -0.15) is 0 Å². The first-order valence-electron chi connectivity index (χ1n) is 9.76. The maximum absolute atomic E-state index is 3.82. The molecule has 0 unspecified atom stereocenters. The highest BCUT2D eigenvalue weighted by Crippen LogP contribution is 2.27. The Kier molecular flexibility index (Phi) is 8.90. The van der Waals surface area contributed by atoms with Crippen LogP contribution in [0.15, 0.2) is 17.2 Å². The van der Waals surface area contributed by atoms with E-state index >= 15 is 0 Å². The normalized spacial score (nSPS) is 29.3. The largest absolute Gasteiger partial charge is 0.0810 e. The Balaban J connectivity index is 1.97. The molecule has 0 N–H and O–H groups in total. The molecule has 0 aromatic heterocycles. The fourth-order valence-corrected chi connectivity index (χ4v) is 3.73. The van der Waals surface area contributed by atoms with E-state index < -0.39 is 0 Å². The van der Waals surface area contributed by atoms with Gasteiger partial charge in [0, 0.05) is 0 Å². The van der Waals surface area contributed by atoms with Gasteiger partial charge in [-0.25, -0.2) is 0 Å². The summed E-state index contributed by atoms with van der Waals surface area (Å²) in [5, 5.41) is 0. The van der Waals surface area contributed by atoms with Gasteiger partial charge in [0.15, 0.2) is 0 Å². The maximum Gasteiger partial charge on any atom is -0.0273 e. The standard InChI is InChI=1S/C21H35/c1-2-5-9-13-17-20(16-12-8-4-1)21-18-14-10-6-3-7-11-15-19-21/h18H,1-16,19H2/b20-17?,21-18-. The van der Waals surface area contributed by atoms with Gasteiger partial charge in [-0.1, -0.05) is 63.9 Å². The van der Waals surface area contributed by atoms with Crippen molar-refractivity contribution in [1.29, 1.82) is 0 Å². The molecule has 0 bridgehead atoms. The zero-order valence-corrected chi connectivity index (χ0v) is 14.1. The van der Waals surface area contributed by atoms with Crippen molar-refractivity contribution in [2.75, 3.05) is 0 Å². The molecule has 0 saturated carbocycles.